The number of hydrogen-bond acceptors (Lipinski definition) is 4. The van der Waals surface area contributed by atoms with Gasteiger partial charge in [-0.25, -0.2) is 0 Å². The Bertz CT molecular complexity index is 620. The molecule has 0 aliphatic rings. The van der Waals surface area contributed by atoms with E-state index in [4.69, 9.17) is 0 Å². The summed E-state index contributed by atoms with van der Waals surface area (Å²) in [5, 5.41) is 9.99. The van der Waals surface area contributed by atoms with E-state index in [2.05, 4.69) is 11.9 Å². The van der Waals surface area contributed by atoms with Gasteiger partial charge in [0.15, 0.2) is 5.16 Å². The molecule has 100 valence electrons. The molecule has 1 aromatic carbocycles. The minimum atomic E-state index is -0.269. The molecule has 4 nitrogen and oxygen atoms in total. The first-order chi connectivity index (χ1) is 9.11. The summed E-state index contributed by atoms with van der Waals surface area (Å²) in [6.07, 6.45) is 0.976. The van der Waals surface area contributed by atoms with Crippen LogP contribution in [0.4, 0.5) is 0 Å². The van der Waals surface area contributed by atoms with Crippen molar-refractivity contribution in [2.75, 3.05) is 5.75 Å². The molecular formula is C14H16N2O2S. The Morgan fingerprint density at radius 2 is 2.00 bits per heavy atom. The van der Waals surface area contributed by atoms with Crippen molar-refractivity contribution >= 4 is 11.8 Å². The molecule has 2 rings (SSSR count). The van der Waals surface area contributed by atoms with E-state index in [1.165, 1.54) is 16.3 Å². The first-order valence-electron chi connectivity index (χ1n) is 6.14. The van der Waals surface area contributed by atoms with Crippen molar-refractivity contribution in [1.29, 1.82) is 0 Å². The van der Waals surface area contributed by atoms with E-state index in [0.717, 1.165) is 29.5 Å². The van der Waals surface area contributed by atoms with Gasteiger partial charge in [0.25, 0.3) is 5.56 Å². The van der Waals surface area contributed by atoms with Gasteiger partial charge >= 0.3 is 0 Å². The van der Waals surface area contributed by atoms with Crippen molar-refractivity contribution in [3.8, 4) is 11.6 Å². The lowest BCUT2D eigenvalue weighted by molar-refractivity contribution is 0.441. The van der Waals surface area contributed by atoms with Crippen LogP contribution in [0, 0.1) is 6.92 Å². The molecule has 0 bridgehead atoms. The maximum atomic E-state index is 12.1. The molecule has 1 aromatic heterocycles. The fourth-order valence-corrected chi connectivity index (χ4v) is 2.54. The van der Waals surface area contributed by atoms with Gasteiger partial charge in [-0.05, 0) is 25.5 Å². The van der Waals surface area contributed by atoms with Gasteiger partial charge in [0.05, 0.1) is 11.8 Å². The number of hydrogen-bond donors (Lipinski definition) is 1. The van der Waals surface area contributed by atoms with Crippen LogP contribution in [0.15, 0.2) is 40.3 Å². The van der Waals surface area contributed by atoms with Crippen LogP contribution >= 0.6 is 11.8 Å². The normalized spacial score (nSPS) is 10.6. The van der Waals surface area contributed by atoms with E-state index in [1.54, 1.807) is 0 Å². The molecule has 0 saturated heterocycles. The van der Waals surface area contributed by atoms with E-state index < -0.39 is 0 Å². The fourth-order valence-electron chi connectivity index (χ4n) is 1.67. The third kappa shape index (κ3) is 3.17. The van der Waals surface area contributed by atoms with Gasteiger partial charge < -0.3 is 5.11 Å². The summed E-state index contributed by atoms with van der Waals surface area (Å²) in [7, 11) is 0. The van der Waals surface area contributed by atoms with Crippen LogP contribution in [0.5, 0.6) is 5.88 Å². The molecule has 0 spiro atoms. The quantitative estimate of drug-likeness (QED) is 0.689. The Hall–Kier alpha value is -1.75. The summed E-state index contributed by atoms with van der Waals surface area (Å²) in [6.45, 7) is 4.05. The monoisotopic (exact) mass is 276 g/mol. The van der Waals surface area contributed by atoms with E-state index in [0.29, 0.717) is 5.16 Å². The van der Waals surface area contributed by atoms with Crippen LogP contribution in [0.25, 0.3) is 5.69 Å². The lowest BCUT2D eigenvalue weighted by Gasteiger charge is -2.11. The molecule has 0 aliphatic carbocycles. The molecule has 0 radical (unpaired) electrons. The lowest BCUT2D eigenvalue weighted by Crippen LogP contribution is -2.20. The lowest BCUT2D eigenvalue weighted by atomic mass is 10.2. The number of aromatic nitrogens is 2. The topological polar surface area (TPSA) is 55.1 Å². The second-order valence-corrected chi connectivity index (χ2v) is 5.32. The molecule has 5 heteroatoms. The van der Waals surface area contributed by atoms with Crippen molar-refractivity contribution in [1.82, 2.24) is 9.55 Å². The minimum absolute atomic E-state index is 0.230. The third-order valence-electron chi connectivity index (χ3n) is 2.60. The smallest absolute Gasteiger partial charge is 0.262 e. The highest BCUT2D eigenvalue weighted by molar-refractivity contribution is 7.99. The van der Waals surface area contributed by atoms with Crippen LogP contribution in [0.2, 0.25) is 0 Å². The molecule has 1 N–H and O–H groups in total. The first kappa shape index (κ1) is 13.7. The van der Waals surface area contributed by atoms with Gasteiger partial charge in [-0.15, -0.1) is 0 Å². The van der Waals surface area contributed by atoms with E-state index in [-0.39, 0.29) is 11.4 Å². The summed E-state index contributed by atoms with van der Waals surface area (Å²) in [5.74, 6) is 0.619. The summed E-state index contributed by atoms with van der Waals surface area (Å²) in [5.41, 5.74) is 1.63. The van der Waals surface area contributed by atoms with Gasteiger partial charge in [-0.3, -0.25) is 9.36 Å². The molecule has 1 heterocycles. The van der Waals surface area contributed by atoms with Gasteiger partial charge in [-0.2, -0.15) is 4.98 Å². The van der Waals surface area contributed by atoms with Crippen LogP contribution < -0.4 is 5.56 Å². The minimum Gasteiger partial charge on any atom is -0.493 e. The second kappa shape index (κ2) is 5.93. The molecule has 0 atom stereocenters. The van der Waals surface area contributed by atoms with Gasteiger partial charge in [-0.1, -0.05) is 36.4 Å². The largest absolute Gasteiger partial charge is 0.493 e. The molecule has 2 aromatic rings. The zero-order chi connectivity index (χ0) is 13.8. The fraction of sp³-hybridized carbons (Fsp3) is 0.286. The predicted molar refractivity (Wildman–Crippen MR) is 77.3 cm³/mol. The van der Waals surface area contributed by atoms with Crippen molar-refractivity contribution in [3.63, 3.8) is 0 Å². The Kier molecular flexibility index (Phi) is 4.27. The van der Waals surface area contributed by atoms with E-state index in [9.17, 15) is 9.90 Å². The number of aryl methyl sites for hydroxylation is 1. The molecule has 19 heavy (non-hydrogen) atoms. The Morgan fingerprint density at radius 3 is 2.63 bits per heavy atom. The summed E-state index contributed by atoms with van der Waals surface area (Å²) in [4.78, 5) is 16.1. The number of aromatic hydroxyl groups is 1. The average molecular weight is 276 g/mol. The molecule has 0 fully saturated rings. The zero-order valence-corrected chi connectivity index (χ0v) is 11.8. The highest BCUT2D eigenvalue weighted by atomic mass is 32.2. The third-order valence-corrected chi connectivity index (χ3v) is 3.75. The highest BCUT2D eigenvalue weighted by Gasteiger charge is 2.10. The maximum Gasteiger partial charge on any atom is 0.262 e. The maximum absolute atomic E-state index is 12.1. The van der Waals surface area contributed by atoms with Crippen LogP contribution in [-0.4, -0.2) is 20.4 Å². The average Bonchev–Trinajstić information content (AvgIpc) is 2.37. The molecular weight excluding hydrogens is 260 g/mol. The predicted octanol–water partition coefficient (Wildman–Crippen LogP) is 2.75. The number of nitrogens with zero attached hydrogens (tertiary/aromatic N) is 2. The SMILES string of the molecule is CCCSc1nc(O)cc(=O)n1-c1ccc(C)cc1. The van der Waals surface area contributed by atoms with Crippen molar-refractivity contribution in [2.24, 2.45) is 0 Å². The second-order valence-electron chi connectivity index (χ2n) is 4.25. The Labute approximate surface area is 116 Å². The number of benzene rings is 1. The molecule has 0 unspecified atom stereocenters. The van der Waals surface area contributed by atoms with E-state index in [1.807, 2.05) is 31.2 Å². The van der Waals surface area contributed by atoms with Crippen molar-refractivity contribution < 1.29 is 5.11 Å². The standard InChI is InChI=1S/C14H16N2O2S/c1-3-8-19-14-15-12(17)9-13(18)16(14)11-6-4-10(2)5-7-11/h4-7,9,17H,3,8H2,1-2H3. The first-order valence-corrected chi connectivity index (χ1v) is 7.13. The van der Waals surface area contributed by atoms with E-state index >= 15 is 0 Å². The molecule has 0 saturated carbocycles. The van der Waals surface area contributed by atoms with Crippen LogP contribution in [-0.2, 0) is 0 Å². The van der Waals surface area contributed by atoms with Gasteiger partial charge in [0.2, 0.25) is 5.88 Å². The van der Waals surface area contributed by atoms with Crippen LogP contribution in [0.3, 0.4) is 0 Å². The molecule has 0 aliphatic heterocycles. The zero-order valence-electron chi connectivity index (χ0n) is 11.0. The van der Waals surface area contributed by atoms with Crippen molar-refractivity contribution in [3.05, 3.63) is 46.2 Å². The number of thioether (sulfide) groups is 1. The summed E-state index contributed by atoms with van der Waals surface area (Å²) in [6, 6.07) is 8.79. The van der Waals surface area contributed by atoms with Gasteiger partial charge in [0.1, 0.15) is 0 Å². The van der Waals surface area contributed by atoms with Crippen molar-refractivity contribution in [2.45, 2.75) is 25.4 Å². The highest BCUT2D eigenvalue weighted by Crippen LogP contribution is 2.20. The Balaban J connectivity index is 2.54. The number of rotatable bonds is 4. The molecule has 0 amide bonds. The summed E-state index contributed by atoms with van der Waals surface area (Å²) < 4.78 is 1.53. The van der Waals surface area contributed by atoms with Gasteiger partial charge in [0, 0.05) is 5.75 Å². The summed E-state index contributed by atoms with van der Waals surface area (Å²) >= 11 is 1.47. The Morgan fingerprint density at radius 1 is 1.32 bits per heavy atom. The van der Waals surface area contributed by atoms with Crippen LogP contribution in [0.1, 0.15) is 18.9 Å².